The highest BCUT2D eigenvalue weighted by molar-refractivity contribution is 5.88. The molecule has 1 spiro atoms. The number of rotatable bonds is 1. The van der Waals surface area contributed by atoms with Crippen LogP contribution in [0.2, 0.25) is 0 Å². The van der Waals surface area contributed by atoms with Gasteiger partial charge in [-0.25, -0.2) is 4.79 Å². The van der Waals surface area contributed by atoms with Crippen molar-refractivity contribution in [3.8, 4) is 0 Å². The topological polar surface area (TPSA) is 43.3 Å². The number of carbonyl (C=O) groups is 1. The van der Waals surface area contributed by atoms with E-state index < -0.39 is 0 Å². The van der Waals surface area contributed by atoms with Gasteiger partial charge in [0, 0.05) is 31.2 Å². The van der Waals surface area contributed by atoms with Crippen molar-refractivity contribution in [2.75, 3.05) is 13.7 Å². The van der Waals surface area contributed by atoms with Gasteiger partial charge in [0.2, 0.25) is 0 Å². The summed E-state index contributed by atoms with van der Waals surface area (Å²) in [4.78, 5) is 11.7. The highest BCUT2D eigenvalue weighted by Gasteiger charge is 2.44. The second-order valence-electron chi connectivity index (χ2n) is 5.19. The van der Waals surface area contributed by atoms with E-state index in [9.17, 15) is 4.79 Å². The minimum absolute atomic E-state index is 0.239. The monoisotopic (exact) mass is 234 g/mol. The molecule has 2 heterocycles. The van der Waals surface area contributed by atoms with E-state index in [1.54, 1.807) is 0 Å². The maximum atomic E-state index is 11.7. The summed E-state index contributed by atoms with van der Waals surface area (Å²) in [5, 5.41) is 3.47. The molecule has 3 rings (SSSR count). The third-order valence-electron chi connectivity index (χ3n) is 4.30. The van der Waals surface area contributed by atoms with Crippen molar-refractivity contribution in [3.05, 3.63) is 23.0 Å². The van der Waals surface area contributed by atoms with E-state index >= 15 is 0 Å². The number of esters is 1. The van der Waals surface area contributed by atoms with Crippen LogP contribution < -0.4 is 5.32 Å². The smallest absolute Gasteiger partial charge is 0.354 e. The Labute approximate surface area is 101 Å². The molecule has 4 heteroatoms. The first-order chi connectivity index (χ1) is 8.18. The van der Waals surface area contributed by atoms with E-state index in [-0.39, 0.29) is 11.4 Å². The van der Waals surface area contributed by atoms with Crippen LogP contribution in [0.5, 0.6) is 0 Å². The van der Waals surface area contributed by atoms with E-state index in [1.165, 1.54) is 37.6 Å². The fourth-order valence-electron chi connectivity index (χ4n) is 3.33. The summed E-state index contributed by atoms with van der Waals surface area (Å²) >= 11 is 0. The van der Waals surface area contributed by atoms with Gasteiger partial charge in [-0.05, 0) is 24.5 Å². The highest BCUT2D eigenvalue weighted by atomic mass is 16.5. The second-order valence-corrected chi connectivity index (χ2v) is 5.19. The Morgan fingerprint density at radius 2 is 2.29 bits per heavy atom. The molecule has 1 saturated carbocycles. The number of hydrogen-bond acceptors (Lipinski definition) is 3. The number of carbonyl (C=O) groups excluding carboxylic acids is 1. The molecule has 1 N–H and O–H groups in total. The Morgan fingerprint density at radius 1 is 1.53 bits per heavy atom. The average Bonchev–Trinajstić information content (AvgIpc) is 2.64. The zero-order valence-electron chi connectivity index (χ0n) is 10.4. The van der Waals surface area contributed by atoms with Gasteiger partial charge in [0.15, 0.2) is 0 Å². The molecule has 1 aliphatic carbocycles. The van der Waals surface area contributed by atoms with Gasteiger partial charge in [-0.15, -0.1) is 0 Å². The summed E-state index contributed by atoms with van der Waals surface area (Å²) in [7, 11) is 3.42. The lowest BCUT2D eigenvalue weighted by atomic mass is 9.64. The van der Waals surface area contributed by atoms with Crippen molar-refractivity contribution in [2.45, 2.75) is 31.2 Å². The van der Waals surface area contributed by atoms with Gasteiger partial charge >= 0.3 is 5.97 Å². The Bertz CT molecular complexity index is 472. The molecule has 1 fully saturated rings. The van der Waals surface area contributed by atoms with Crippen LogP contribution in [0.15, 0.2) is 6.07 Å². The minimum atomic E-state index is -0.239. The van der Waals surface area contributed by atoms with Crippen molar-refractivity contribution in [3.63, 3.8) is 0 Å². The van der Waals surface area contributed by atoms with E-state index in [0.717, 1.165) is 13.1 Å². The predicted molar refractivity (Wildman–Crippen MR) is 64.0 cm³/mol. The molecule has 0 unspecified atom stereocenters. The molecule has 0 amide bonds. The maximum Gasteiger partial charge on any atom is 0.354 e. The number of hydrogen-bond donors (Lipinski definition) is 1. The predicted octanol–water partition coefficient (Wildman–Crippen LogP) is 1.34. The fraction of sp³-hybridized carbons (Fsp3) is 0.615. The van der Waals surface area contributed by atoms with Crippen LogP contribution in [-0.4, -0.2) is 24.2 Å². The van der Waals surface area contributed by atoms with Gasteiger partial charge in [0.05, 0.1) is 7.11 Å². The number of methoxy groups -OCH3 is 1. The van der Waals surface area contributed by atoms with Gasteiger partial charge in [0.1, 0.15) is 5.69 Å². The van der Waals surface area contributed by atoms with Crippen molar-refractivity contribution in [1.82, 2.24) is 9.88 Å². The van der Waals surface area contributed by atoms with Crippen LogP contribution in [0.3, 0.4) is 0 Å². The lowest BCUT2D eigenvalue weighted by molar-refractivity contribution is 0.0588. The van der Waals surface area contributed by atoms with E-state index in [4.69, 9.17) is 4.74 Å². The summed E-state index contributed by atoms with van der Waals surface area (Å²) in [5.74, 6) is -0.239. The molecule has 0 bridgehead atoms. The van der Waals surface area contributed by atoms with Crippen molar-refractivity contribution < 1.29 is 9.53 Å². The van der Waals surface area contributed by atoms with Crippen molar-refractivity contribution in [2.24, 2.45) is 7.05 Å². The number of nitrogens with one attached hydrogen (secondary N) is 1. The van der Waals surface area contributed by atoms with E-state index in [2.05, 4.69) is 5.32 Å². The third-order valence-corrected chi connectivity index (χ3v) is 4.30. The molecule has 0 saturated heterocycles. The van der Waals surface area contributed by atoms with Crippen LogP contribution >= 0.6 is 0 Å². The average molecular weight is 234 g/mol. The molecule has 17 heavy (non-hydrogen) atoms. The largest absolute Gasteiger partial charge is 0.464 e. The van der Waals surface area contributed by atoms with Crippen LogP contribution in [0, 0.1) is 0 Å². The van der Waals surface area contributed by atoms with Crippen LogP contribution in [0.4, 0.5) is 0 Å². The van der Waals surface area contributed by atoms with Crippen LogP contribution in [0.25, 0.3) is 0 Å². The first-order valence-electron chi connectivity index (χ1n) is 6.16. The standard InChI is InChI=1S/C13H18N2O2/c1-15-10(12(16)17-2)6-9-7-14-8-13(11(9)15)4-3-5-13/h6,14H,3-5,7-8H2,1-2H3. The van der Waals surface area contributed by atoms with E-state index in [1.807, 2.05) is 17.7 Å². The zero-order valence-corrected chi connectivity index (χ0v) is 10.4. The quantitative estimate of drug-likeness (QED) is 0.746. The molecule has 92 valence electrons. The van der Waals surface area contributed by atoms with Gasteiger partial charge in [-0.3, -0.25) is 0 Å². The second kappa shape index (κ2) is 3.60. The van der Waals surface area contributed by atoms with Gasteiger partial charge in [-0.2, -0.15) is 0 Å². The Morgan fingerprint density at radius 3 is 2.88 bits per heavy atom. The Balaban J connectivity index is 2.11. The normalized spacial score (nSPS) is 20.8. The molecule has 1 aromatic rings. The summed E-state index contributed by atoms with van der Waals surface area (Å²) < 4.78 is 6.88. The third kappa shape index (κ3) is 1.37. The lowest BCUT2D eigenvalue weighted by Gasteiger charge is -2.46. The number of nitrogens with zero attached hydrogens (tertiary/aromatic N) is 1. The molecule has 0 atom stereocenters. The molecule has 4 nitrogen and oxygen atoms in total. The molecule has 2 aliphatic rings. The van der Waals surface area contributed by atoms with E-state index in [0.29, 0.717) is 5.69 Å². The van der Waals surface area contributed by atoms with Crippen molar-refractivity contribution >= 4 is 5.97 Å². The molecule has 1 aliphatic heterocycles. The maximum absolute atomic E-state index is 11.7. The Kier molecular flexibility index (Phi) is 2.30. The molecule has 0 aromatic carbocycles. The first kappa shape index (κ1) is 10.8. The minimum Gasteiger partial charge on any atom is -0.464 e. The number of aromatic nitrogens is 1. The van der Waals surface area contributed by atoms with Crippen LogP contribution in [0.1, 0.15) is 41.0 Å². The number of fused-ring (bicyclic) bond motifs is 2. The van der Waals surface area contributed by atoms with Gasteiger partial charge in [0.25, 0.3) is 0 Å². The SMILES string of the molecule is COC(=O)c1cc2c(n1C)C1(CCC1)CNC2. The van der Waals surface area contributed by atoms with Crippen molar-refractivity contribution in [1.29, 1.82) is 0 Å². The first-order valence-corrected chi connectivity index (χ1v) is 6.16. The summed E-state index contributed by atoms with van der Waals surface area (Å²) in [6.07, 6.45) is 3.75. The van der Waals surface area contributed by atoms with Gasteiger partial charge < -0.3 is 14.6 Å². The summed E-state index contributed by atoms with van der Waals surface area (Å²) in [6.45, 7) is 1.90. The zero-order chi connectivity index (χ0) is 12.0. The Hall–Kier alpha value is -1.29. The lowest BCUT2D eigenvalue weighted by Crippen LogP contribution is -2.48. The fourth-order valence-corrected chi connectivity index (χ4v) is 3.33. The van der Waals surface area contributed by atoms with Gasteiger partial charge in [-0.1, -0.05) is 6.42 Å². The van der Waals surface area contributed by atoms with Crippen LogP contribution in [-0.2, 0) is 23.7 Å². The molecular weight excluding hydrogens is 216 g/mol. The molecular formula is C13H18N2O2. The highest BCUT2D eigenvalue weighted by Crippen LogP contribution is 2.46. The number of ether oxygens (including phenoxy) is 1. The molecule has 1 aromatic heterocycles. The molecule has 0 radical (unpaired) electrons. The summed E-state index contributed by atoms with van der Waals surface area (Å²) in [6, 6.07) is 1.98. The summed E-state index contributed by atoms with van der Waals surface area (Å²) in [5.41, 5.74) is 3.56.